The van der Waals surface area contributed by atoms with Gasteiger partial charge in [-0.05, 0) is 18.2 Å². The minimum absolute atomic E-state index is 0.0876. The molecule has 0 radical (unpaired) electrons. The van der Waals surface area contributed by atoms with Gasteiger partial charge in [0, 0.05) is 21.7 Å². The molecule has 0 aromatic heterocycles. The van der Waals surface area contributed by atoms with Crippen molar-refractivity contribution in [3.8, 4) is 5.75 Å². The third-order valence-electron chi connectivity index (χ3n) is 1.85. The van der Waals surface area contributed by atoms with E-state index < -0.39 is 10.8 Å². The van der Waals surface area contributed by atoms with Crippen molar-refractivity contribution < 1.29 is 13.7 Å². The molecule has 1 rings (SSSR count). The molecular formula is C11H15BrO3S. The summed E-state index contributed by atoms with van der Waals surface area (Å²) in [4.78, 5) is 0.760. The zero-order valence-corrected chi connectivity index (χ0v) is 11.9. The van der Waals surface area contributed by atoms with Gasteiger partial charge in [0.25, 0.3) is 0 Å². The van der Waals surface area contributed by atoms with E-state index in [0.717, 1.165) is 9.37 Å². The van der Waals surface area contributed by atoms with Crippen molar-refractivity contribution in [2.45, 2.75) is 24.0 Å². The van der Waals surface area contributed by atoms with Crippen LogP contribution in [-0.4, -0.2) is 23.4 Å². The van der Waals surface area contributed by atoms with E-state index >= 15 is 0 Å². The normalized spacial score (nSPS) is 12.8. The van der Waals surface area contributed by atoms with E-state index in [-0.39, 0.29) is 12.0 Å². The van der Waals surface area contributed by atoms with Crippen LogP contribution < -0.4 is 4.74 Å². The van der Waals surface area contributed by atoms with Crippen molar-refractivity contribution in [2.75, 3.05) is 13.9 Å². The first-order valence-corrected chi connectivity index (χ1v) is 6.88. The van der Waals surface area contributed by atoms with E-state index in [9.17, 15) is 4.21 Å². The van der Waals surface area contributed by atoms with Gasteiger partial charge in [-0.3, -0.25) is 4.21 Å². The van der Waals surface area contributed by atoms with Crippen LogP contribution >= 0.6 is 15.9 Å². The Bertz CT molecular complexity index is 379. The lowest BCUT2D eigenvalue weighted by Crippen LogP contribution is -2.06. The van der Waals surface area contributed by atoms with Crippen molar-refractivity contribution in [1.29, 1.82) is 0 Å². The predicted molar refractivity (Wildman–Crippen MR) is 68.2 cm³/mol. The van der Waals surface area contributed by atoms with E-state index in [1.807, 2.05) is 26.0 Å². The molecule has 0 aliphatic heterocycles. The van der Waals surface area contributed by atoms with Crippen LogP contribution in [0, 0.1) is 0 Å². The summed E-state index contributed by atoms with van der Waals surface area (Å²) in [6, 6.07) is 5.44. The van der Waals surface area contributed by atoms with E-state index in [1.165, 1.54) is 0 Å². The van der Waals surface area contributed by atoms with Gasteiger partial charge in [-0.15, -0.1) is 0 Å². The maximum absolute atomic E-state index is 11.9. The summed E-state index contributed by atoms with van der Waals surface area (Å²) in [7, 11) is 0.549. The molecule has 0 bridgehead atoms. The minimum Gasteiger partial charge on any atom is -0.467 e. The van der Waals surface area contributed by atoms with Crippen molar-refractivity contribution in [1.82, 2.24) is 0 Å². The third-order valence-corrected chi connectivity index (χ3v) is 3.86. The number of methoxy groups -OCH3 is 1. The highest BCUT2D eigenvalue weighted by Crippen LogP contribution is 2.24. The Morgan fingerprint density at radius 1 is 1.38 bits per heavy atom. The van der Waals surface area contributed by atoms with Crippen LogP contribution in [0.3, 0.4) is 0 Å². The van der Waals surface area contributed by atoms with Gasteiger partial charge in [-0.1, -0.05) is 29.8 Å². The summed E-state index contributed by atoms with van der Waals surface area (Å²) in [5.41, 5.74) is 0. The van der Waals surface area contributed by atoms with Crippen LogP contribution in [-0.2, 0) is 15.5 Å². The molecule has 0 amide bonds. The molecule has 0 aliphatic carbocycles. The van der Waals surface area contributed by atoms with Gasteiger partial charge < -0.3 is 9.47 Å². The highest BCUT2D eigenvalue weighted by atomic mass is 79.9. The monoisotopic (exact) mass is 306 g/mol. The lowest BCUT2D eigenvalue weighted by Gasteiger charge is -2.09. The first-order chi connectivity index (χ1) is 7.54. The Morgan fingerprint density at radius 3 is 2.62 bits per heavy atom. The summed E-state index contributed by atoms with van der Waals surface area (Å²) in [5, 5.41) is 0.0876. The first kappa shape index (κ1) is 13.7. The maximum atomic E-state index is 11.9. The van der Waals surface area contributed by atoms with Gasteiger partial charge in [-0.25, -0.2) is 0 Å². The second kappa shape index (κ2) is 6.37. The maximum Gasteiger partial charge on any atom is 0.188 e. The molecule has 0 saturated carbocycles. The first-order valence-electron chi connectivity index (χ1n) is 4.87. The molecule has 0 fully saturated rings. The molecule has 0 spiro atoms. The van der Waals surface area contributed by atoms with E-state index in [4.69, 9.17) is 9.47 Å². The molecule has 1 aromatic carbocycles. The van der Waals surface area contributed by atoms with Gasteiger partial charge in [-0.2, -0.15) is 0 Å². The standard InChI is InChI=1S/C11H15BrO3S/c1-8(2)16(13)11-5-9(12)4-10(6-11)15-7-14-3/h4-6,8H,7H2,1-3H3. The summed E-state index contributed by atoms with van der Waals surface area (Å²) >= 11 is 3.37. The Balaban J connectivity index is 2.93. The molecule has 90 valence electrons. The summed E-state index contributed by atoms with van der Waals surface area (Å²) < 4.78 is 22.9. The fourth-order valence-electron chi connectivity index (χ4n) is 1.14. The Kier molecular flexibility index (Phi) is 5.44. The molecule has 0 N–H and O–H groups in total. The lowest BCUT2D eigenvalue weighted by molar-refractivity contribution is 0.0509. The highest BCUT2D eigenvalue weighted by molar-refractivity contribution is 9.10. The molecule has 5 heteroatoms. The summed E-state index contributed by atoms with van der Waals surface area (Å²) in [6.07, 6.45) is 0. The van der Waals surface area contributed by atoms with Crippen LogP contribution in [0.4, 0.5) is 0 Å². The molecular weight excluding hydrogens is 292 g/mol. The van der Waals surface area contributed by atoms with Gasteiger partial charge in [0.2, 0.25) is 0 Å². The number of benzene rings is 1. The topological polar surface area (TPSA) is 35.5 Å². The fraction of sp³-hybridized carbons (Fsp3) is 0.455. The highest BCUT2D eigenvalue weighted by Gasteiger charge is 2.10. The Labute approximate surface area is 107 Å². The largest absolute Gasteiger partial charge is 0.467 e. The van der Waals surface area contributed by atoms with Gasteiger partial charge in [0.15, 0.2) is 6.79 Å². The SMILES string of the molecule is COCOc1cc(Br)cc(S(=O)C(C)C)c1. The number of hydrogen-bond acceptors (Lipinski definition) is 3. The zero-order chi connectivity index (χ0) is 12.1. The van der Waals surface area contributed by atoms with Crippen LogP contribution in [0.2, 0.25) is 0 Å². The second-order valence-corrected chi connectivity index (χ2v) is 6.44. The van der Waals surface area contributed by atoms with E-state index in [0.29, 0.717) is 5.75 Å². The third kappa shape index (κ3) is 3.88. The molecule has 16 heavy (non-hydrogen) atoms. The molecule has 3 nitrogen and oxygen atoms in total. The molecule has 0 aliphatic rings. The van der Waals surface area contributed by atoms with Crippen LogP contribution in [0.1, 0.15) is 13.8 Å². The number of hydrogen-bond donors (Lipinski definition) is 0. The molecule has 1 aromatic rings. The van der Waals surface area contributed by atoms with E-state index in [2.05, 4.69) is 15.9 Å². The average molecular weight is 307 g/mol. The van der Waals surface area contributed by atoms with Crippen LogP contribution in [0.25, 0.3) is 0 Å². The van der Waals surface area contributed by atoms with Gasteiger partial charge in [0.1, 0.15) is 5.75 Å². The average Bonchev–Trinajstić information content (AvgIpc) is 2.24. The predicted octanol–water partition coefficient (Wildman–Crippen LogP) is 2.95. The number of halogens is 1. The Hall–Kier alpha value is -0.390. The van der Waals surface area contributed by atoms with E-state index in [1.54, 1.807) is 13.2 Å². The quantitative estimate of drug-likeness (QED) is 0.785. The minimum atomic E-state index is -1.01. The Morgan fingerprint density at radius 2 is 2.06 bits per heavy atom. The zero-order valence-electron chi connectivity index (χ0n) is 9.53. The molecule has 0 saturated heterocycles. The van der Waals surface area contributed by atoms with Crippen LogP contribution in [0.5, 0.6) is 5.75 Å². The number of rotatable bonds is 5. The molecule has 0 heterocycles. The van der Waals surface area contributed by atoms with Crippen molar-refractivity contribution in [3.05, 3.63) is 22.7 Å². The second-order valence-electron chi connectivity index (χ2n) is 3.52. The van der Waals surface area contributed by atoms with Crippen molar-refractivity contribution in [2.24, 2.45) is 0 Å². The van der Waals surface area contributed by atoms with Crippen molar-refractivity contribution >= 4 is 26.7 Å². The fourth-order valence-corrected chi connectivity index (χ4v) is 2.78. The lowest BCUT2D eigenvalue weighted by atomic mass is 10.3. The summed E-state index contributed by atoms with van der Waals surface area (Å²) in [5.74, 6) is 0.653. The summed E-state index contributed by atoms with van der Waals surface area (Å²) in [6.45, 7) is 4.03. The number of ether oxygens (including phenoxy) is 2. The van der Waals surface area contributed by atoms with Gasteiger partial charge >= 0.3 is 0 Å². The molecule has 1 unspecified atom stereocenters. The molecule has 1 atom stereocenters. The van der Waals surface area contributed by atoms with Crippen molar-refractivity contribution in [3.63, 3.8) is 0 Å². The van der Waals surface area contributed by atoms with Gasteiger partial charge in [0.05, 0.1) is 10.8 Å². The van der Waals surface area contributed by atoms with Crippen LogP contribution in [0.15, 0.2) is 27.6 Å². The smallest absolute Gasteiger partial charge is 0.188 e.